The minimum atomic E-state index is -4.88. The number of hydrogen-bond acceptors (Lipinski definition) is 0. The summed E-state index contributed by atoms with van der Waals surface area (Å²) in [5.74, 6) is 0. The first-order valence-electron chi connectivity index (χ1n) is 5.73. The van der Waals surface area contributed by atoms with Gasteiger partial charge in [-0.15, -0.1) is 0 Å². The monoisotopic (exact) mass is 402 g/mol. The Morgan fingerprint density at radius 1 is 0.682 bits per heavy atom. The minimum absolute atomic E-state index is 0.0864. The van der Waals surface area contributed by atoms with E-state index in [9.17, 15) is 26.3 Å². The molecule has 0 saturated carbocycles. The van der Waals surface area contributed by atoms with Gasteiger partial charge in [0.2, 0.25) is 0 Å². The van der Waals surface area contributed by atoms with Crippen LogP contribution in [0, 0.1) is 0 Å². The Balaban J connectivity index is 2.70. The van der Waals surface area contributed by atoms with Crippen molar-refractivity contribution in [2.24, 2.45) is 0 Å². The maximum Gasteiger partial charge on any atom is 0.416 e. The van der Waals surface area contributed by atoms with Crippen molar-refractivity contribution in [2.45, 2.75) is 12.4 Å². The van der Waals surface area contributed by atoms with E-state index in [1.165, 1.54) is 18.2 Å². The molecule has 0 heterocycles. The highest BCUT2D eigenvalue weighted by atomic mass is 79.9. The zero-order valence-corrected chi connectivity index (χ0v) is 12.8. The fourth-order valence-electron chi connectivity index (χ4n) is 1.84. The zero-order valence-electron chi connectivity index (χ0n) is 10.5. The second-order valence-electron chi connectivity index (χ2n) is 4.45. The molecule has 0 amide bonds. The smallest absolute Gasteiger partial charge is 0.166 e. The van der Waals surface area contributed by atoms with Crippen LogP contribution in [0.25, 0.3) is 11.1 Å². The number of halogens is 8. The van der Waals surface area contributed by atoms with Crippen LogP contribution in [-0.2, 0) is 12.4 Å². The van der Waals surface area contributed by atoms with Gasteiger partial charge in [-0.2, -0.15) is 26.3 Å². The van der Waals surface area contributed by atoms with Crippen molar-refractivity contribution in [1.29, 1.82) is 0 Å². The third kappa shape index (κ3) is 3.95. The van der Waals surface area contributed by atoms with Crippen LogP contribution >= 0.6 is 27.5 Å². The maximum atomic E-state index is 12.8. The van der Waals surface area contributed by atoms with Crippen molar-refractivity contribution < 1.29 is 26.3 Å². The fraction of sp³-hybridized carbons (Fsp3) is 0.143. The molecular formula is C14H6BrClF6. The van der Waals surface area contributed by atoms with Crippen LogP contribution in [0.2, 0.25) is 5.02 Å². The lowest BCUT2D eigenvalue weighted by Gasteiger charge is -2.14. The zero-order chi connectivity index (χ0) is 16.7. The molecule has 0 bridgehead atoms. The summed E-state index contributed by atoms with van der Waals surface area (Å²) in [6, 6.07) is 5.57. The molecule has 0 unspecified atom stereocenters. The van der Waals surface area contributed by atoms with Crippen LogP contribution in [0.3, 0.4) is 0 Å². The average Bonchev–Trinajstić information content (AvgIpc) is 2.35. The minimum Gasteiger partial charge on any atom is -0.166 e. The lowest BCUT2D eigenvalue weighted by molar-refractivity contribution is -0.143. The summed E-state index contributed by atoms with van der Waals surface area (Å²) < 4.78 is 77.3. The lowest BCUT2D eigenvalue weighted by Crippen LogP contribution is -2.11. The SMILES string of the molecule is FC(F)(F)c1cc(-c2cc(Cl)cc(Br)c2)cc(C(F)(F)F)c1. The summed E-state index contributed by atoms with van der Waals surface area (Å²) in [4.78, 5) is 0. The largest absolute Gasteiger partial charge is 0.416 e. The van der Waals surface area contributed by atoms with Gasteiger partial charge in [0.25, 0.3) is 0 Å². The van der Waals surface area contributed by atoms with Gasteiger partial charge in [0.05, 0.1) is 11.1 Å². The molecule has 0 spiro atoms. The lowest BCUT2D eigenvalue weighted by atomic mass is 9.99. The van der Waals surface area contributed by atoms with Crippen LogP contribution in [0.15, 0.2) is 40.9 Å². The van der Waals surface area contributed by atoms with E-state index in [-0.39, 0.29) is 22.2 Å². The van der Waals surface area contributed by atoms with Crippen molar-refractivity contribution in [2.75, 3.05) is 0 Å². The van der Waals surface area contributed by atoms with Crippen LogP contribution in [0.5, 0.6) is 0 Å². The summed E-state index contributed by atoms with van der Waals surface area (Å²) in [6.45, 7) is 0. The maximum absolute atomic E-state index is 12.8. The molecule has 2 aromatic rings. The number of hydrogen-bond donors (Lipinski definition) is 0. The van der Waals surface area contributed by atoms with Gasteiger partial charge in [-0.05, 0) is 47.5 Å². The predicted molar refractivity (Wildman–Crippen MR) is 74.6 cm³/mol. The summed E-state index contributed by atoms with van der Waals surface area (Å²) >= 11 is 8.88. The van der Waals surface area contributed by atoms with Gasteiger partial charge in [-0.1, -0.05) is 27.5 Å². The molecule has 0 aliphatic rings. The van der Waals surface area contributed by atoms with E-state index in [1.807, 2.05) is 0 Å². The van der Waals surface area contributed by atoms with Crippen LogP contribution in [0.4, 0.5) is 26.3 Å². The molecule has 0 radical (unpaired) electrons. The Kier molecular flexibility index (Phi) is 4.50. The molecule has 0 atom stereocenters. The molecule has 0 aliphatic carbocycles. The predicted octanol–water partition coefficient (Wildman–Crippen LogP) is 6.81. The van der Waals surface area contributed by atoms with Crippen molar-refractivity contribution in [3.63, 3.8) is 0 Å². The van der Waals surface area contributed by atoms with Gasteiger partial charge in [0, 0.05) is 9.50 Å². The molecule has 0 aromatic heterocycles. The Morgan fingerprint density at radius 2 is 1.14 bits per heavy atom. The van der Waals surface area contributed by atoms with Gasteiger partial charge in [-0.25, -0.2) is 0 Å². The molecule has 0 saturated heterocycles. The molecule has 8 heteroatoms. The van der Waals surface area contributed by atoms with E-state index in [4.69, 9.17) is 11.6 Å². The Bertz CT molecular complexity index is 653. The van der Waals surface area contributed by atoms with E-state index in [0.29, 0.717) is 16.6 Å². The summed E-state index contributed by atoms with van der Waals surface area (Å²) in [5, 5.41) is 0.190. The first kappa shape index (κ1) is 17.1. The first-order chi connectivity index (χ1) is 9.96. The Labute approximate surface area is 134 Å². The summed E-state index contributed by atoms with van der Waals surface area (Å²) in [7, 11) is 0. The van der Waals surface area contributed by atoms with E-state index in [0.717, 1.165) is 0 Å². The molecule has 0 aliphatic heterocycles. The molecule has 0 N–H and O–H groups in total. The highest BCUT2D eigenvalue weighted by Gasteiger charge is 2.37. The van der Waals surface area contributed by atoms with E-state index in [1.54, 1.807) is 0 Å². The van der Waals surface area contributed by atoms with Crippen molar-refractivity contribution >= 4 is 27.5 Å². The number of rotatable bonds is 1. The molecular weight excluding hydrogens is 397 g/mol. The third-order valence-corrected chi connectivity index (χ3v) is 3.46. The number of alkyl halides is 6. The van der Waals surface area contributed by atoms with Gasteiger partial charge in [-0.3, -0.25) is 0 Å². The van der Waals surface area contributed by atoms with Crippen LogP contribution in [0.1, 0.15) is 11.1 Å². The average molecular weight is 404 g/mol. The Morgan fingerprint density at radius 3 is 1.55 bits per heavy atom. The van der Waals surface area contributed by atoms with Crippen molar-refractivity contribution in [3.05, 3.63) is 57.0 Å². The third-order valence-electron chi connectivity index (χ3n) is 2.78. The van der Waals surface area contributed by atoms with Crippen molar-refractivity contribution in [3.8, 4) is 11.1 Å². The number of benzene rings is 2. The van der Waals surface area contributed by atoms with E-state index in [2.05, 4.69) is 15.9 Å². The van der Waals surface area contributed by atoms with Crippen molar-refractivity contribution in [1.82, 2.24) is 0 Å². The first-order valence-corrected chi connectivity index (χ1v) is 6.90. The second-order valence-corrected chi connectivity index (χ2v) is 5.80. The normalized spacial score (nSPS) is 12.5. The molecule has 0 nitrogen and oxygen atoms in total. The van der Waals surface area contributed by atoms with E-state index >= 15 is 0 Å². The highest BCUT2D eigenvalue weighted by Crippen LogP contribution is 2.39. The highest BCUT2D eigenvalue weighted by molar-refractivity contribution is 9.10. The van der Waals surface area contributed by atoms with E-state index < -0.39 is 23.5 Å². The standard InChI is InChI=1S/C14H6BrClF6/c15-11-3-8(4-12(16)6-11)7-1-9(13(17,18)19)5-10(2-7)14(20,21)22/h1-6H. The Hall–Kier alpha value is -1.21. The molecule has 2 aromatic carbocycles. The van der Waals surface area contributed by atoms with Gasteiger partial charge in [0.15, 0.2) is 0 Å². The van der Waals surface area contributed by atoms with Gasteiger partial charge < -0.3 is 0 Å². The summed E-state index contributed by atoms with van der Waals surface area (Å²) in [6.07, 6.45) is -9.77. The van der Waals surface area contributed by atoms with Gasteiger partial charge >= 0.3 is 12.4 Å². The molecule has 0 fully saturated rings. The molecule has 2 rings (SSSR count). The summed E-state index contributed by atoms with van der Waals surface area (Å²) in [5.41, 5.74) is -2.80. The second kappa shape index (κ2) is 5.77. The van der Waals surface area contributed by atoms with Gasteiger partial charge in [0.1, 0.15) is 0 Å². The van der Waals surface area contributed by atoms with Crippen LogP contribution < -0.4 is 0 Å². The fourth-order valence-corrected chi connectivity index (χ4v) is 2.70. The molecule has 118 valence electrons. The van der Waals surface area contributed by atoms with Crippen LogP contribution in [-0.4, -0.2) is 0 Å². The topological polar surface area (TPSA) is 0 Å². The molecule has 22 heavy (non-hydrogen) atoms. The quantitative estimate of drug-likeness (QED) is 0.459.